The summed E-state index contributed by atoms with van der Waals surface area (Å²) in [5, 5.41) is 8.16. The summed E-state index contributed by atoms with van der Waals surface area (Å²) in [4.78, 5) is 2.22. The molecular weight excluding hydrogens is 559 g/mol. The van der Waals surface area contributed by atoms with Crippen molar-refractivity contribution in [1.29, 1.82) is 0 Å². The molecular formula is C38H37NO2Si2. The molecule has 1 unspecified atom stereocenters. The van der Waals surface area contributed by atoms with E-state index in [1.54, 1.807) is 0 Å². The highest BCUT2D eigenvalue weighted by Gasteiger charge is 2.54. The summed E-state index contributed by atoms with van der Waals surface area (Å²) in [5.41, 5.74) is 1.21. The fraction of sp³-hybridized carbons (Fsp3) is 0.105. The molecule has 43 heavy (non-hydrogen) atoms. The third-order valence-corrected chi connectivity index (χ3v) is 16.9. The van der Waals surface area contributed by atoms with E-state index in [1.807, 2.05) is 7.11 Å². The molecule has 0 N–H and O–H groups in total. The Kier molecular flexibility index (Phi) is 8.52. The summed E-state index contributed by atoms with van der Waals surface area (Å²) < 4.78 is 15.2. The summed E-state index contributed by atoms with van der Waals surface area (Å²) in [5.74, 6) is 0. The van der Waals surface area contributed by atoms with E-state index in [-0.39, 0.29) is 0 Å². The van der Waals surface area contributed by atoms with Crippen molar-refractivity contribution in [2.24, 2.45) is 0 Å². The van der Waals surface area contributed by atoms with E-state index in [4.69, 9.17) is 8.54 Å². The Labute approximate surface area is 257 Å². The number of hydrogen-bond donors (Lipinski definition) is 0. The minimum atomic E-state index is -3.45. The third kappa shape index (κ3) is 5.42. The van der Waals surface area contributed by atoms with E-state index in [1.165, 1.54) is 26.5 Å². The summed E-state index contributed by atoms with van der Waals surface area (Å²) in [6.45, 7) is 0.777. The Morgan fingerprint density at radius 3 is 1.53 bits per heavy atom. The van der Waals surface area contributed by atoms with Crippen LogP contribution in [0.3, 0.4) is 0 Å². The van der Waals surface area contributed by atoms with E-state index in [0.717, 1.165) is 22.3 Å². The summed E-state index contributed by atoms with van der Waals surface area (Å²) in [7, 11) is -0.544. The maximum Gasteiger partial charge on any atom is 0.398 e. The van der Waals surface area contributed by atoms with Gasteiger partial charge in [-0.2, -0.15) is 0 Å². The second kappa shape index (κ2) is 12.6. The molecule has 0 aliphatic carbocycles. The van der Waals surface area contributed by atoms with Gasteiger partial charge in [-0.3, -0.25) is 0 Å². The van der Waals surface area contributed by atoms with Gasteiger partial charge in [-0.15, -0.1) is 0 Å². The molecule has 214 valence electrons. The van der Waals surface area contributed by atoms with Crippen molar-refractivity contribution in [2.75, 3.05) is 21.2 Å². The molecule has 6 rings (SSSR count). The van der Waals surface area contributed by atoms with Gasteiger partial charge < -0.3 is 13.4 Å². The summed E-state index contributed by atoms with van der Waals surface area (Å²) >= 11 is 0. The second-order valence-corrected chi connectivity index (χ2v) is 17.8. The van der Waals surface area contributed by atoms with E-state index >= 15 is 0 Å². The first kappa shape index (κ1) is 29.0. The summed E-state index contributed by atoms with van der Waals surface area (Å²) in [6, 6.07) is 56.2. The van der Waals surface area contributed by atoms with E-state index in [9.17, 15) is 0 Å². The predicted octanol–water partition coefficient (Wildman–Crippen LogP) is 4.79. The number of nitrogens with zero attached hydrogens (tertiary/aromatic N) is 1. The SMILES string of the molecule is CO[Si](O[Si](c1ccccc1)(c1ccccc1)c1ccccc1)(c1ccccc1CN(C)C)c1cccc2ccccc12. The first-order valence-electron chi connectivity index (χ1n) is 14.7. The van der Waals surface area contributed by atoms with Gasteiger partial charge in [0.1, 0.15) is 0 Å². The smallest absolute Gasteiger partial charge is 0.398 e. The highest BCUT2D eigenvalue weighted by atomic mass is 28.4. The van der Waals surface area contributed by atoms with Crippen LogP contribution in [0.4, 0.5) is 0 Å². The van der Waals surface area contributed by atoms with Crippen molar-refractivity contribution in [3.63, 3.8) is 0 Å². The van der Waals surface area contributed by atoms with E-state index in [2.05, 4.69) is 177 Å². The van der Waals surface area contributed by atoms with Crippen molar-refractivity contribution in [1.82, 2.24) is 4.90 Å². The van der Waals surface area contributed by atoms with E-state index < -0.39 is 16.9 Å². The number of hydrogen-bond acceptors (Lipinski definition) is 3. The zero-order chi connectivity index (χ0) is 29.7. The number of rotatable bonds is 10. The molecule has 0 saturated heterocycles. The molecule has 0 saturated carbocycles. The maximum atomic E-state index is 8.17. The third-order valence-electron chi connectivity index (χ3n) is 8.13. The van der Waals surface area contributed by atoms with Crippen LogP contribution in [0.15, 0.2) is 158 Å². The van der Waals surface area contributed by atoms with Gasteiger partial charge in [0.2, 0.25) is 0 Å². The highest BCUT2D eigenvalue weighted by Crippen LogP contribution is 2.24. The lowest BCUT2D eigenvalue weighted by Gasteiger charge is -2.43. The molecule has 1 atom stereocenters. The largest absolute Gasteiger partial charge is 0.418 e. The number of fused-ring (bicyclic) bond motifs is 1. The average molecular weight is 596 g/mol. The first-order chi connectivity index (χ1) is 21.1. The van der Waals surface area contributed by atoms with Crippen LogP contribution < -0.4 is 25.9 Å². The quantitative estimate of drug-likeness (QED) is 0.168. The van der Waals surface area contributed by atoms with Gasteiger partial charge in [-0.25, -0.2) is 0 Å². The monoisotopic (exact) mass is 595 g/mol. The molecule has 6 aromatic rings. The zero-order valence-corrected chi connectivity index (χ0v) is 27.0. The zero-order valence-electron chi connectivity index (χ0n) is 25.0. The molecule has 5 heteroatoms. The fourth-order valence-corrected chi connectivity index (χ4v) is 16.1. The van der Waals surface area contributed by atoms with Crippen molar-refractivity contribution < 1.29 is 8.54 Å². The standard InChI is InChI=1S/C38H37NO2Si2/c1-39(2)30-32-19-14-16-28-37(32)43(40-3,38-29-17-20-31-18-13-15-27-36(31)38)41-42(33-21-7-4-8-22-33,34-23-9-5-10-24-34)35-25-11-6-12-26-35/h4-29H,30H2,1-3H3. The van der Waals surface area contributed by atoms with Gasteiger partial charge in [-0.1, -0.05) is 158 Å². The van der Waals surface area contributed by atoms with Crippen molar-refractivity contribution in [3.8, 4) is 0 Å². The molecule has 6 aromatic carbocycles. The fourth-order valence-electron chi connectivity index (χ4n) is 6.26. The molecule has 0 radical (unpaired) electrons. The minimum Gasteiger partial charge on any atom is -0.418 e. The topological polar surface area (TPSA) is 21.7 Å². The Morgan fingerprint density at radius 1 is 0.512 bits per heavy atom. The van der Waals surface area contributed by atoms with Crippen molar-refractivity contribution >= 4 is 53.6 Å². The molecule has 0 aliphatic rings. The van der Waals surface area contributed by atoms with Crippen LogP contribution in [0, 0.1) is 0 Å². The second-order valence-electron chi connectivity index (χ2n) is 11.1. The van der Waals surface area contributed by atoms with E-state index in [0.29, 0.717) is 0 Å². The van der Waals surface area contributed by atoms with Gasteiger partial charge in [0, 0.05) is 24.0 Å². The Hall–Kier alpha value is -4.11. The Balaban J connectivity index is 1.75. The molecule has 0 fully saturated rings. The van der Waals surface area contributed by atoms with Gasteiger partial charge in [0.05, 0.1) is 0 Å². The average Bonchev–Trinajstić information content (AvgIpc) is 3.07. The van der Waals surface area contributed by atoms with Crippen LogP contribution in [-0.4, -0.2) is 43.0 Å². The molecule has 0 spiro atoms. The lowest BCUT2D eigenvalue weighted by molar-refractivity contribution is 0.330. The lowest BCUT2D eigenvalue weighted by Crippen LogP contribution is -2.78. The molecule has 0 amide bonds. The van der Waals surface area contributed by atoms with Gasteiger partial charge in [-0.05, 0) is 46.0 Å². The Bertz CT molecular complexity index is 1690. The predicted molar refractivity (Wildman–Crippen MR) is 185 cm³/mol. The number of benzene rings is 6. The normalized spacial score (nSPS) is 13.2. The first-order valence-corrected chi connectivity index (χ1v) is 18.4. The minimum absolute atomic E-state index is 0.777. The van der Waals surface area contributed by atoms with Crippen LogP contribution in [0.1, 0.15) is 5.56 Å². The van der Waals surface area contributed by atoms with Gasteiger partial charge in [0.15, 0.2) is 0 Å². The molecule has 0 aliphatic heterocycles. The molecule has 0 heterocycles. The van der Waals surface area contributed by atoms with Crippen LogP contribution >= 0.6 is 0 Å². The van der Waals surface area contributed by atoms with Gasteiger partial charge in [0.25, 0.3) is 8.32 Å². The van der Waals surface area contributed by atoms with Crippen LogP contribution in [-0.2, 0) is 15.1 Å². The maximum absolute atomic E-state index is 8.17. The van der Waals surface area contributed by atoms with Crippen LogP contribution in [0.25, 0.3) is 10.8 Å². The molecule has 0 bridgehead atoms. The van der Waals surface area contributed by atoms with Gasteiger partial charge >= 0.3 is 8.56 Å². The van der Waals surface area contributed by atoms with Crippen LogP contribution in [0.5, 0.6) is 0 Å². The lowest BCUT2D eigenvalue weighted by atomic mass is 10.1. The van der Waals surface area contributed by atoms with Crippen LogP contribution in [0.2, 0.25) is 0 Å². The van der Waals surface area contributed by atoms with Crippen molar-refractivity contribution in [3.05, 3.63) is 163 Å². The Morgan fingerprint density at radius 2 is 0.977 bits per heavy atom. The molecule has 3 nitrogen and oxygen atoms in total. The van der Waals surface area contributed by atoms with Crippen molar-refractivity contribution in [2.45, 2.75) is 6.54 Å². The highest BCUT2D eigenvalue weighted by molar-refractivity contribution is 7.13. The molecule has 0 aromatic heterocycles. The summed E-state index contributed by atoms with van der Waals surface area (Å²) in [6.07, 6.45) is 0.